The molecule has 1 saturated heterocycles. The number of nitrogens with zero attached hydrogens (tertiary/aromatic N) is 1. The molecule has 0 bridgehead atoms. The number of hydrogen-bond donors (Lipinski definition) is 1. The average molecular weight is 373 g/mol. The molecule has 1 heterocycles. The summed E-state index contributed by atoms with van der Waals surface area (Å²) in [7, 11) is 0. The van der Waals surface area contributed by atoms with E-state index in [1.54, 1.807) is 0 Å². The molecule has 19 heavy (non-hydrogen) atoms. The molecule has 1 N–H and O–H groups in total. The lowest BCUT2D eigenvalue weighted by atomic mass is 9.90. The molecule has 104 valence electrons. The van der Waals surface area contributed by atoms with Crippen molar-refractivity contribution in [1.29, 1.82) is 0 Å². The maximum Gasteiger partial charge on any atom is 0.306 e. The molecule has 0 amide bonds. The Morgan fingerprint density at radius 1 is 1.42 bits per heavy atom. The summed E-state index contributed by atoms with van der Waals surface area (Å²) in [6.07, 6.45) is 1.51. The molecule has 0 aromatic heterocycles. The first-order valence-corrected chi connectivity index (χ1v) is 7.81. The third-order valence-corrected chi connectivity index (χ3v) is 4.85. The number of rotatable bonds is 3. The van der Waals surface area contributed by atoms with Gasteiger partial charge in [0.05, 0.1) is 5.92 Å². The molecule has 0 saturated carbocycles. The van der Waals surface area contributed by atoms with Gasteiger partial charge in [-0.3, -0.25) is 9.69 Å². The van der Waals surface area contributed by atoms with E-state index >= 15 is 0 Å². The molecule has 1 aliphatic rings. The van der Waals surface area contributed by atoms with E-state index in [9.17, 15) is 4.79 Å². The largest absolute Gasteiger partial charge is 0.481 e. The Hall–Kier alpha value is -0.620. The zero-order chi connectivity index (χ0) is 14.0. The van der Waals surface area contributed by atoms with Gasteiger partial charge < -0.3 is 5.11 Å². The Morgan fingerprint density at radius 2 is 2.05 bits per heavy atom. The highest BCUT2D eigenvalue weighted by Gasteiger charge is 2.32. The summed E-state index contributed by atoms with van der Waals surface area (Å²) in [5, 5.41) is 9.11. The molecule has 1 aromatic rings. The topological polar surface area (TPSA) is 40.5 Å². The normalized spacial score (nSPS) is 26.1. The van der Waals surface area contributed by atoms with Crippen LogP contribution in [0.3, 0.4) is 0 Å². The molecule has 3 atom stereocenters. The number of aliphatic carboxylic acids is 1. The number of carboxylic acids is 1. The van der Waals surface area contributed by atoms with Gasteiger partial charge in [0.1, 0.15) is 0 Å². The standard InChI is InChI=1S/C15H20INO2/c1-10-9-13(15(18)19)7-8-17(10)11(2)12-3-5-14(16)6-4-12/h3-6,10-11,13H,7-9H2,1-2H3,(H,18,19). The number of benzene rings is 1. The second-order valence-electron chi connectivity index (χ2n) is 5.37. The predicted octanol–water partition coefficient (Wildman–Crippen LogP) is 3.54. The fraction of sp³-hybridized carbons (Fsp3) is 0.533. The summed E-state index contributed by atoms with van der Waals surface area (Å²) in [6.45, 7) is 5.21. The first-order valence-electron chi connectivity index (χ1n) is 6.73. The van der Waals surface area contributed by atoms with Gasteiger partial charge >= 0.3 is 5.97 Å². The zero-order valence-corrected chi connectivity index (χ0v) is 13.5. The van der Waals surface area contributed by atoms with E-state index < -0.39 is 5.97 Å². The van der Waals surface area contributed by atoms with E-state index in [1.807, 2.05) is 0 Å². The van der Waals surface area contributed by atoms with Gasteiger partial charge in [-0.15, -0.1) is 0 Å². The van der Waals surface area contributed by atoms with E-state index in [4.69, 9.17) is 5.11 Å². The van der Waals surface area contributed by atoms with Crippen LogP contribution in [0.4, 0.5) is 0 Å². The molecule has 0 radical (unpaired) electrons. The second-order valence-corrected chi connectivity index (χ2v) is 6.62. The quantitative estimate of drug-likeness (QED) is 0.825. The van der Waals surface area contributed by atoms with Gasteiger partial charge in [-0.25, -0.2) is 0 Å². The van der Waals surface area contributed by atoms with Crippen LogP contribution in [-0.4, -0.2) is 28.6 Å². The SMILES string of the molecule is CC1CC(C(=O)O)CCN1C(C)c1ccc(I)cc1. The summed E-state index contributed by atoms with van der Waals surface area (Å²) in [6, 6.07) is 9.26. The third kappa shape index (κ3) is 3.48. The smallest absolute Gasteiger partial charge is 0.306 e. The number of carbonyl (C=O) groups is 1. The summed E-state index contributed by atoms with van der Waals surface area (Å²) < 4.78 is 1.24. The molecule has 4 heteroatoms. The van der Waals surface area contributed by atoms with Crippen LogP contribution in [0.1, 0.15) is 38.3 Å². The maximum absolute atomic E-state index is 11.1. The lowest BCUT2D eigenvalue weighted by molar-refractivity contribution is -0.144. The summed E-state index contributed by atoms with van der Waals surface area (Å²) in [5.41, 5.74) is 1.31. The number of carboxylic acid groups (broad SMARTS) is 1. The highest BCUT2D eigenvalue weighted by Crippen LogP contribution is 2.31. The van der Waals surface area contributed by atoms with Crippen LogP contribution in [0.25, 0.3) is 0 Å². The van der Waals surface area contributed by atoms with Crippen molar-refractivity contribution >= 4 is 28.6 Å². The van der Waals surface area contributed by atoms with Crippen molar-refractivity contribution in [3.8, 4) is 0 Å². The fourth-order valence-electron chi connectivity index (χ4n) is 2.92. The summed E-state index contributed by atoms with van der Waals surface area (Å²) >= 11 is 2.31. The molecule has 1 fully saturated rings. The van der Waals surface area contributed by atoms with Gasteiger partial charge in [-0.05, 0) is 73.5 Å². The van der Waals surface area contributed by atoms with E-state index in [0.29, 0.717) is 12.1 Å². The minimum Gasteiger partial charge on any atom is -0.481 e. The minimum absolute atomic E-state index is 0.171. The summed E-state index contributed by atoms with van der Waals surface area (Å²) in [5.74, 6) is -0.816. The Morgan fingerprint density at radius 3 is 2.58 bits per heavy atom. The molecule has 1 aromatic carbocycles. The summed E-state index contributed by atoms with van der Waals surface area (Å²) in [4.78, 5) is 13.5. The van der Waals surface area contributed by atoms with Crippen LogP contribution in [-0.2, 0) is 4.79 Å². The van der Waals surface area contributed by atoms with E-state index in [1.165, 1.54) is 9.13 Å². The molecular formula is C15H20INO2. The third-order valence-electron chi connectivity index (χ3n) is 4.13. The molecule has 3 nitrogen and oxygen atoms in total. The van der Waals surface area contributed by atoms with Crippen LogP contribution in [0.5, 0.6) is 0 Å². The van der Waals surface area contributed by atoms with Crippen LogP contribution in [0, 0.1) is 9.49 Å². The molecular weight excluding hydrogens is 353 g/mol. The predicted molar refractivity (Wildman–Crippen MR) is 84.1 cm³/mol. The Bertz CT molecular complexity index is 446. The van der Waals surface area contributed by atoms with Crippen LogP contribution in [0.15, 0.2) is 24.3 Å². The molecule has 3 unspecified atom stereocenters. The lowest BCUT2D eigenvalue weighted by Gasteiger charge is -2.40. The first-order chi connectivity index (χ1) is 8.99. The zero-order valence-electron chi connectivity index (χ0n) is 11.3. The van der Waals surface area contributed by atoms with E-state index in [0.717, 1.165) is 19.4 Å². The second kappa shape index (κ2) is 6.22. The first kappa shape index (κ1) is 14.8. The molecule has 0 aliphatic carbocycles. The Labute approximate surface area is 128 Å². The Balaban J connectivity index is 2.06. The number of halogens is 1. The van der Waals surface area contributed by atoms with Gasteiger partial charge in [0, 0.05) is 15.7 Å². The lowest BCUT2D eigenvalue weighted by Crippen LogP contribution is -2.43. The van der Waals surface area contributed by atoms with Crippen molar-refractivity contribution in [2.75, 3.05) is 6.54 Å². The molecule has 0 spiro atoms. The Kier molecular flexibility index (Phi) is 4.84. The molecule has 2 rings (SSSR count). The van der Waals surface area contributed by atoms with Gasteiger partial charge in [-0.2, -0.15) is 0 Å². The number of likely N-dealkylation sites (tertiary alicyclic amines) is 1. The van der Waals surface area contributed by atoms with E-state index in [-0.39, 0.29) is 5.92 Å². The average Bonchev–Trinajstić information content (AvgIpc) is 2.38. The van der Waals surface area contributed by atoms with Crippen LogP contribution in [0.2, 0.25) is 0 Å². The van der Waals surface area contributed by atoms with Crippen molar-refractivity contribution in [2.45, 2.75) is 38.8 Å². The van der Waals surface area contributed by atoms with Gasteiger partial charge in [-0.1, -0.05) is 12.1 Å². The number of piperidine rings is 1. The van der Waals surface area contributed by atoms with Crippen molar-refractivity contribution in [1.82, 2.24) is 4.90 Å². The van der Waals surface area contributed by atoms with Crippen LogP contribution >= 0.6 is 22.6 Å². The number of hydrogen-bond acceptors (Lipinski definition) is 2. The fourth-order valence-corrected chi connectivity index (χ4v) is 3.28. The van der Waals surface area contributed by atoms with Gasteiger partial charge in [0.2, 0.25) is 0 Å². The maximum atomic E-state index is 11.1. The van der Waals surface area contributed by atoms with Crippen molar-refractivity contribution in [3.63, 3.8) is 0 Å². The van der Waals surface area contributed by atoms with Gasteiger partial charge in [0.15, 0.2) is 0 Å². The van der Waals surface area contributed by atoms with Crippen molar-refractivity contribution in [3.05, 3.63) is 33.4 Å². The van der Waals surface area contributed by atoms with Crippen LogP contribution < -0.4 is 0 Å². The molecule has 1 aliphatic heterocycles. The minimum atomic E-state index is -0.645. The van der Waals surface area contributed by atoms with E-state index in [2.05, 4.69) is 65.6 Å². The highest BCUT2D eigenvalue weighted by molar-refractivity contribution is 14.1. The van der Waals surface area contributed by atoms with Gasteiger partial charge in [0.25, 0.3) is 0 Å². The monoisotopic (exact) mass is 373 g/mol. The highest BCUT2D eigenvalue weighted by atomic mass is 127. The van der Waals surface area contributed by atoms with Crippen molar-refractivity contribution < 1.29 is 9.90 Å². The van der Waals surface area contributed by atoms with Crippen molar-refractivity contribution in [2.24, 2.45) is 5.92 Å².